The molecule has 0 radical (unpaired) electrons. The van der Waals surface area contributed by atoms with Crippen molar-refractivity contribution in [3.8, 4) is 0 Å². The molecule has 0 spiro atoms. The third-order valence-electron chi connectivity index (χ3n) is 4.90. The maximum Gasteiger partial charge on any atom is 0.192 e. The molecule has 24 heavy (non-hydrogen) atoms. The highest BCUT2D eigenvalue weighted by atomic mass is 79.9. The number of hydrogen-bond acceptors (Lipinski definition) is 3. The minimum atomic E-state index is -1.78. The molecular formula is C19H29BrO3Si. The minimum absolute atomic E-state index is 0.0494. The van der Waals surface area contributed by atoms with E-state index in [1.54, 1.807) is 0 Å². The summed E-state index contributed by atoms with van der Waals surface area (Å²) in [5, 5.41) is 0.197. The third-order valence-corrected chi connectivity index (χ3v) is 10.2. The molecule has 1 aliphatic rings. The standard InChI is InChI=1S/C19H29BrO3Si/c1-19(2,3)24(4,5)23-14-18-17(11-8-12-21-18)22-13-15-9-6-7-10-16(15)20/h6-11,17-18H,12-14H2,1-5H3/t17-,18+/m0/s1. The molecule has 0 saturated carbocycles. The van der Waals surface area contributed by atoms with Gasteiger partial charge in [-0.1, -0.05) is 67.1 Å². The summed E-state index contributed by atoms with van der Waals surface area (Å²) >= 11 is 3.57. The normalized spacial score (nSPS) is 21.9. The van der Waals surface area contributed by atoms with E-state index in [2.05, 4.69) is 61.9 Å². The van der Waals surface area contributed by atoms with Crippen LogP contribution in [-0.2, 0) is 20.5 Å². The van der Waals surface area contributed by atoms with Crippen molar-refractivity contribution >= 4 is 24.2 Å². The molecule has 0 N–H and O–H groups in total. The molecular weight excluding hydrogens is 384 g/mol. The second-order valence-corrected chi connectivity index (χ2v) is 13.4. The summed E-state index contributed by atoms with van der Waals surface area (Å²) in [7, 11) is -1.78. The molecule has 0 aromatic heterocycles. The summed E-state index contributed by atoms with van der Waals surface area (Å²) in [4.78, 5) is 0. The molecule has 5 heteroatoms. The fourth-order valence-electron chi connectivity index (χ4n) is 2.20. The largest absolute Gasteiger partial charge is 0.414 e. The summed E-state index contributed by atoms with van der Waals surface area (Å²) < 4.78 is 19.4. The van der Waals surface area contributed by atoms with Gasteiger partial charge in [-0.15, -0.1) is 0 Å². The summed E-state index contributed by atoms with van der Waals surface area (Å²) in [6.07, 6.45) is 4.00. The number of rotatable bonds is 6. The Morgan fingerprint density at radius 2 is 1.96 bits per heavy atom. The zero-order valence-corrected chi connectivity index (χ0v) is 17.9. The first-order valence-electron chi connectivity index (χ1n) is 8.48. The number of hydrogen-bond donors (Lipinski definition) is 0. The van der Waals surface area contributed by atoms with Gasteiger partial charge in [-0.05, 0) is 29.8 Å². The lowest BCUT2D eigenvalue weighted by molar-refractivity contribution is -0.0767. The van der Waals surface area contributed by atoms with Crippen molar-refractivity contribution in [2.75, 3.05) is 13.2 Å². The lowest BCUT2D eigenvalue weighted by Gasteiger charge is -2.38. The zero-order valence-electron chi connectivity index (χ0n) is 15.3. The van der Waals surface area contributed by atoms with Gasteiger partial charge in [-0.3, -0.25) is 0 Å². The summed E-state index contributed by atoms with van der Waals surface area (Å²) in [5.74, 6) is 0. The first-order chi connectivity index (χ1) is 11.2. The molecule has 3 nitrogen and oxygen atoms in total. The molecule has 2 rings (SSSR count). The van der Waals surface area contributed by atoms with E-state index in [0.717, 1.165) is 10.0 Å². The van der Waals surface area contributed by atoms with Gasteiger partial charge < -0.3 is 13.9 Å². The smallest absolute Gasteiger partial charge is 0.192 e. The molecule has 134 valence electrons. The zero-order chi connectivity index (χ0) is 17.8. The molecule has 1 aromatic rings. The molecule has 0 fully saturated rings. The molecule has 0 bridgehead atoms. The van der Waals surface area contributed by atoms with Crippen molar-refractivity contribution in [2.24, 2.45) is 0 Å². The predicted molar refractivity (Wildman–Crippen MR) is 105 cm³/mol. The van der Waals surface area contributed by atoms with Crippen LogP contribution in [0.25, 0.3) is 0 Å². The van der Waals surface area contributed by atoms with Crippen molar-refractivity contribution < 1.29 is 13.9 Å². The van der Waals surface area contributed by atoms with Crippen LogP contribution in [0.2, 0.25) is 18.1 Å². The highest BCUT2D eigenvalue weighted by Crippen LogP contribution is 2.36. The van der Waals surface area contributed by atoms with Gasteiger partial charge in [0.05, 0.1) is 19.8 Å². The van der Waals surface area contributed by atoms with E-state index in [4.69, 9.17) is 13.9 Å². The summed E-state index contributed by atoms with van der Waals surface area (Å²) in [5.41, 5.74) is 1.14. The summed E-state index contributed by atoms with van der Waals surface area (Å²) in [6.45, 7) is 13.1. The SMILES string of the molecule is CC(C)(C)[Si](C)(C)OC[C@H]1OCC=C[C@@H]1OCc1ccccc1Br. The van der Waals surface area contributed by atoms with Crippen molar-refractivity contribution in [2.45, 2.75) is 57.7 Å². The molecule has 1 aliphatic heterocycles. The van der Waals surface area contributed by atoms with Gasteiger partial charge in [-0.25, -0.2) is 0 Å². The van der Waals surface area contributed by atoms with Gasteiger partial charge in [-0.2, -0.15) is 0 Å². The second-order valence-electron chi connectivity index (χ2n) is 7.74. The van der Waals surface area contributed by atoms with Crippen molar-refractivity contribution in [3.63, 3.8) is 0 Å². The van der Waals surface area contributed by atoms with E-state index in [-0.39, 0.29) is 17.2 Å². The first kappa shape index (κ1) is 19.9. The maximum atomic E-state index is 6.33. The van der Waals surface area contributed by atoms with Gasteiger partial charge in [0.25, 0.3) is 0 Å². The minimum Gasteiger partial charge on any atom is -0.414 e. The average Bonchev–Trinajstić information content (AvgIpc) is 2.52. The Balaban J connectivity index is 1.94. The lowest BCUT2D eigenvalue weighted by atomic mass is 10.1. The fraction of sp³-hybridized carbons (Fsp3) is 0.579. The Labute approximate surface area is 155 Å². The van der Waals surface area contributed by atoms with Crippen molar-refractivity contribution in [1.29, 1.82) is 0 Å². The lowest BCUT2D eigenvalue weighted by Crippen LogP contribution is -2.46. The maximum absolute atomic E-state index is 6.33. The number of benzene rings is 1. The molecule has 0 amide bonds. The molecule has 2 atom stereocenters. The molecule has 0 saturated heterocycles. The predicted octanol–water partition coefficient (Wildman–Crippen LogP) is 5.31. The second kappa shape index (κ2) is 8.28. The topological polar surface area (TPSA) is 27.7 Å². The van der Waals surface area contributed by atoms with Crippen LogP contribution < -0.4 is 0 Å². The van der Waals surface area contributed by atoms with Crippen LogP contribution in [0.3, 0.4) is 0 Å². The molecule has 1 heterocycles. The third kappa shape index (κ3) is 5.26. The Morgan fingerprint density at radius 3 is 2.62 bits per heavy atom. The summed E-state index contributed by atoms with van der Waals surface area (Å²) in [6, 6.07) is 8.13. The van der Waals surface area contributed by atoms with E-state index >= 15 is 0 Å². The molecule has 0 unspecified atom stereocenters. The van der Waals surface area contributed by atoms with Crippen LogP contribution in [0, 0.1) is 0 Å². The van der Waals surface area contributed by atoms with E-state index in [1.165, 1.54) is 0 Å². The molecule has 1 aromatic carbocycles. The molecule has 0 aliphatic carbocycles. The van der Waals surface area contributed by atoms with Crippen molar-refractivity contribution in [1.82, 2.24) is 0 Å². The monoisotopic (exact) mass is 412 g/mol. The van der Waals surface area contributed by atoms with Crippen LogP contribution in [0.5, 0.6) is 0 Å². The highest BCUT2D eigenvalue weighted by molar-refractivity contribution is 9.10. The van der Waals surface area contributed by atoms with E-state index in [0.29, 0.717) is 19.8 Å². The number of halogens is 1. The van der Waals surface area contributed by atoms with Crippen LogP contribution >= 0.6 is 15.9 Å². The van der Waals surface area contributed by atoms with Crippen LogP contribution in [0.1, 0.15) is 26.3 Å². The van der Waals surface area contributed by atoms with Gasteiger partial charge in [0.2, 0.25) is 0 Å². The van der Waals surface area contributed by atoms with Gasteiger partial charge >= 0.3 is 0 Å². The fourth-order valence-corrected chi connectivity index (χ4v) is 3.62. The average molecular weight is 413 g/mol. The quantitative estimate of drug-likeness (QED) is 0.467. The highest BCUT2D eigenvalue weighted by Gasteiger charge is 2.38. The first-order valence-corrected chi connectivity index (χ1v) is 12.2. The van der Waals surface area contributed by atoms with Gasteiger partial charge in [0.1, 0.15) is 12.2 Å². The van der Waals surface area contributed by atoms with Crippen LogP contribution in [0.4, 0.5) is 0 Å². The van der Waals surface area contributed by atoms with E-state index in [1.807, 2.05) is 24.3 Å². The Kier molecular flexibility index (Phi) is 6.85. The number of ether oxygens (including phenoxy) is 2. The van der Waals surface area contributed by atoms with Gasteiger partial charge in [0, 0.05) is 4.47 Å². The van der Waals surface area contributed by atoms with Crippen molar-refractivity contribution in [3.05, 3.63) is 46.5 Å². The van der Waals surface area contributed by atoms with Crippen LogP contribution in [-0.4, -0.2) is 33.7 Å². The Hall–Kier alpha value is -0.463. The van der Waals surface area contributed by atoms with Crippen LogP contribution in [0.15, 0.2) is 40.9 Å². The van der Waals surface area contributed by atoms with Gasteiger partial charge in [0.15, 0.2) is 8.32 Å². The Morgan fingerprint density at radius 1 is 1.25 bits per heavy atom. The van der Waals surface area contributed by atoms with E-state index < -0.39 is 8.32 Å². The van der Waals surface area contributed by atoms with E-state index in [9.17, 15) is 0 Å². The Bertz CT molecular complexity index is 566.